The van der Waals surface area contributed by atoms with Gasteiger partial charge in [-0.2, -0.15) is 19.1 Å². The van der Waals surface area contributed by atoms with E-state index in [-0.39, 0.29) is 0 Å². The van der Waals surface area contributed by atoms with Gasteiger partial charge in [0.25, 0.3) is 0 Å². The molecule has 0 amide bonds. The van der Waals surface area contributed by atoms with Gasteiger partial charge in [0.15, 0.2) is 17.3 Å². The molecule has 1 fully saturated rings. The molecule has 0 unspecified atom stereocenters. The molecule has 0 bridgehead atoms. The third-order valence-corrected chi connectivity index (χ3v) is 6.54. The second kappa shape index (κ2) is 9.11. The number of aromatic nitrogens is 5. The molecule has 4 heterocycles. The van der Waals surface area contributed by atoms with Crippen LogP contribution in [0.25, 0.3) is 16.9 Å². The summed E-state index contributed by atoms with van der Waals surface area (Å²) in [6.45, 7) is 2.29. The summed E-state index contributed by atoms with van der Waals surface area (Å²) >= 11 is 0. The molecule has 0 atom stereocenters. The molecule has 1 saturated heterocycles. The van der Waals surface area contributed by atoms with Crippen molar-refractivity contribution in [2.45, 2.75) is 18.8 Å². The van der Waals surface area contributed by atoms with Crippen molar-refractivity contribution in [3.8, 4) is 5.82 Å². The molecule has 1 aliphatic heterocycles. The van der Waals surface area contributed by atoms with Crippen LogP contribution in [0.2, 0.25) is 0 Å². The molecule has 5 rings (SSSR count). The zero-order valence-electron chi connectivity index (χ0n) is 19.5. The van der Waals surface area contributed by atoms with Gasteiger partial charge in [-0.05, 0) is 68.7 Å². The first kappa shape index (κ1) is 22.4. The number of benzene rings is 1. The monoisotopic (exact) mass is 476 g/mol. The first-order valence-corrected chi connectivity index (χ1v) is 13.6. The van der Waals surface area contributed by atoms with Crippen molar-refractivity contribution in [1.82, 2.24) is 29.6 Å². The van der Waals surface area contributed by atoms with Crippen LogP contribution in [0.4, 0.5) is 17.5 Å². The Bertz CT molecular complexity index is 1420. The molecular weight excluding hydrogens is 448 g/mol. The van der Waals surface area contributed by atoms with Gasteiger partial charge in [0, 0.05) is 34.1 Å². The molecule has 4 aromatic rings. The number of nitrogens with one attached hydrogen (secondary N) is 1. The van der Waals surface area contributed by atoms with Crippen LogP contribution in [0.1, 0.15) is 24.3 Å². The number of hydrogen-bond acceptors (Lipinski definition) is 8. The van der Waals surface area contributed by atoms with Gasteiger partial charge in [-0.25, -0.2) is 14.2 Å². The van der Waals surface area contributed by atoms with E-state index < -0.39 is 9.73 Å². The number of pyridine rings is 1. The third kappa shape index (κ3) is 5.07. The van der Waals surface area contributed by atoms with Crippen LogP contribution in [0.5, 0.6) is 0 Å². The van der Waals surface area contributed by atoms with E-state index in [0.29, 0.717) is 29.1 Å². The molecule has 1 N–H and O–H groups in total. The zero-order chi connectivity index (χ0) is 23.7. The number of fused-ring (bicyclic) bond motifs is 1. The van der Waals surface area contributed by atoms with E-state index >= 15 is 0 Å². The Morgan fingerprint density at radius 3 is 2.53 bits per heavy atom. The first-order chi connectivity index (χ1) is 16.3. The molecular formula is C24H28N8OS. The molecule has 1 aromatic carbocycles. The Morgan fingerprint density at radius 1 is 1.03 bits per heavy atom. The number of anilines is 2. The van der Waals surface area contributed by atoms with Crippen molar-refractivity contribution < 1.29 is 4.21 Å². The van der Waals surface area contributed by atoms with Crippen LogP contribution in [0, 0.1) is 0 Å². The third-order valence-electron chi connectivity index (χ3n) is 5.92. The Hall–Kier alpha value is -3.37. The molecule has 0 aliphatic carbocycles. The summed E-state index contributed by atoms with van der Waals surface area (Å²) in [7, 11) is -0.132. The average Bonchev–Trinajstić information content (AvgIpc) is 3.23. The maximum absolute atomic E-state index is 12.0. The van der Waals surface area contributed by atoms with Gasteiger partial charge in [0.05, 0.1) is 11.6 Å². The lowest BCUT2D eigenvalue weighted by Crippen LogP contribution is -2.29. The average molecular weight is 477 g/mol. The van der Waals surface area contributed by atoms with Gasteiger partial charge in [-0.1, -0.05) is 18.2 Å². The van der Waals surface area contributed by atoms with Gasteiger partial charge in [-0.3, -0.25) is 0 Å². The van der Waals surface area contributed by atoms with Gasteiger partial charge >= 0.3 is 0 Å². The molecule has 3 aromatic heterocycles. The topological polar surface area (TPSA) is 101 Å². The maximum atomic E-state index is 12.0. The molecule has 0 spiro atoms. The molecule has 9 nitrogen and oxygen atoms in total. The normalized spacial score (nSPS) is 15.5. The Labute approximate surface area is 199 Å². The lowest BCUT2D eigenvalue weighted by atomic mass is 9.89. The van der Waals surface area contributed by atoms with E-state index in [2.05, 4.69) is 65.9 Å². The van der Waals surface area contributed by atoms with E-state index in [1.54, 1.807) is 35.7 Å². The molecule has 176 valence electrons. The second-order valence-corrected chi connectivity index (χ2v) is 11.5. The van der Waals surface area contributed by atoms with Crippen molar-refractivity contribution in [2.75, 3.05) is 38.0 Å². The van der Waals surface area contributed by atoms with E-state index in [1.807, 2.05) is 12.1 Å². The Balaban J connectivity index is 1.38. The predicted molar refractivity (Wildman–Crippen MR) is 136 cm³/mol. The highest BCUT2D eigenvalue weighted by molar-refractivity contribution is 7.92. The SMILES string of the molecule is CN1CCC(c2ccc(Nc3ncc4cnn(-c5cccc(N=S(C)(C)=O)n5)c4n3)cc2)CC1. The molecule has 1 aliphatic rings. The number of likely N-dealkylation sites (tertiary alicyclic amines) is 1. The van der Waals surface area contributed by atoms with Crippen LogP contribution in [0.3, 0.4) is 0 Å². The largest absolute Gasteiger partial charge is 0.324 e. The standard InChI is InChI=1S/C24H28N8OS/c1-31-13-11-18(12-14-31)17-7-9-20(10-8-17)27-24-25-15-19-16-26-32(23(19)29-24)22-6-4-5-21(28-22)30-34(2,3)33/h4-10,15-16,18H,11-14H2,1-3H3,(H,25,27,29). The highest BCUT2D eigenvalue weighted by atomic mass is 32.2. The van der Waals surface area contributed by atoms with Crippen molar-refractivity contribution in [3.05, 3.63) is 60.4 Å². The number of nitrogens with zero attached hydrogens (tertiary/aromatic N) is 7. The predicted octanol–water partition coefficient (Wildman–Crippen LogP) is 4.12. The van der Waals surface area contributed by atoms with Gasteiger partial charge in [0.1, 0.15) is 0 Å². The van der Waals surface area contributed by atoms with E-state index in [1.165, 1.54) is 18.4 Å². The van der Waals surface area contributed by atoms with Gasteiger partial charge in [-0.15, -0.1) is 0 Å². The van der Waals surface area contributed by atoms with E-state index in [9.17, 15) is 4.21 Å². The molecule has 10 heteroatoms. The zero-order valence-corrected chi connectivity index (χ0v) is 20.4. The highest BCUT2D eigenvalue weighted by Gasteiger charge is 2.18. The van der Waals surface area contributed by atoms with E-state index in [0.717, 1.165) is 24.2 Å². The summed E-state index contributed by atoms with van der Waals surface area (Å²) in [6, 6.07) is 13.9. The van der Waals surface area contributed by atoms with E-state index in [4.69, 9.17) is 0 Å². The van der Waals surface area contributed by atoms with Crippen LogP contribution >= 0.6 is 0 Å². The van der Waals surface area contributed by atoms with Crippen molar-refractivity contribution >= 4 is 38.2 Å². The minimum absolute atomic E-state index is 0.397. The lowest BCUT2D eigenvalue weighted by molar-refractivity contribution is 0.255. The highest BCUT2D eigenvalue weighted by Crippen LogP contribution is 2.29. The maximum Gasteiger partial charge on any atom is 0.229 e. The van der Waals surface area contributed by atoms with Crippen molar-refractivity contribution in [3.63, 3.8) is 0 Å². The van der Waals surface area contributed by atoms with Gasteiger partial charge in [0.2, 0.25) is 5.95 Å². The number of piperidine rings is 1. The first-order valence-electron chi connectivity index (χ1n) is 11.2. The fourth-order valence-electron chi connectivity index (χ4n) is 4.16. The summed E-state index contributed by atoms with van der Waals surface area (Å²) < 4.78 is 17.9. The smallest absolute Gasteiger partial charge is 0.229 e. The summed E-state index contributed by atoms with van der Waals surface area (Å²) in [5.41, 5.74) is 2.94. The fraction of sp³-hybridized carbons (Fsp3) is 0.333. The Morgan fingerprint density at radius 2 is 1.79 bits per heavy atom. The van der Waals surface area contributed by atoms with Gasteiger partial charge < -0.3 is 10.2 Å². The minimum atomic E-state index is -2.31. The quantitative estimate of drug-likeness (QED) is 0.462. The van der Waals surface area contributed by atoms with Crippen LogP contribution in [-0.2, 0) is 9.73 Å². The van der Waals surface area contributed by atoms with Crippen molar-refractivity contribution in [2.24, 2.45) is 4.36 Å². The molecule has 0 radical (unpaired) electrons. The number of hydrogen-bond donors (Lipinski definition) is 1. The second-order valence-electron chi connectivity index (χ2n) is 8.98. The lowest BCUT2D eigenvalue weighted by Gasteiger charge is -2.29. The number of rotatable bonds is 5. The fourth-order valence-corrected chi connectivity index (χ4v) is 4.71. The van der Waals surface area contributed by atoms with Crippen LogP contribution < -0.4 is 5.32 Å². The molecule has 34 heavy (non-hydrogen) atoms. The Kier molecular flexibility index (Phi) is 6.01. The summed E-state index contributed by atoms with van der Waals surface area (Å²) in [6.07, 6.45) is 8.99. The van der Waals surface area contributed by atoms with Crippen LogP contribution in [-0.4, -0.2) is 66.5 Å². The molecule has 0 saturated carbocycles. The van der Waals surface area contributed by atoms with Crippen molar-refractivity contribution in [1.29, 1.82) is 0 Å². The minimum Gasteiger partial charge on any atom is -0.324 e. The summed E-state index contributed by atoms with van der Waals surface area (Å²) in [4.78, 5) is 16.0. The summed E-state index contributed by atoms with van der Waals surface area (Å²) in [5.74, 6) is 2.04. The van der Waals surface area contributed by atoms with Crippen LogP contribution in [0.15, 0.2) is 59.2 Å². The summed E-state index contributed by atoms with van der Waals surface area (Å²) in [5, 5.41) is 8.52.